The van der Waals surface area contributed by atoms with Crippen LogP contribution in [0, 0.1) is 11.3 Å². The van der Waals surface area contributed by atoms with E-state index in [1.54, 1.807) is 12.3 Å². The molecule has 22 heavy (non-hydrogen) atoms. The van der Waals surface area contributed by atoms with Crippen LogP contribution in [0.4, 0.5) is 0 Å². The van der Waals surface area contributed by atoms with E-state index in [0.29, 0.717) is 11.7 Å². The molecule has 0 N–H and O–H groups in total. The summed E-state index contributed by atoms with van der Waals surface area (Å²) in [5, 5.41) is 8.95. The molecule has 2 aliphatic heterocycles. The standard InChI is InChI=1S/C17H23N3O2/c18-12-14-4-5-19-15(10-14)11-16-2-3-17(22-16)13-20-6-1-8-21-9-7-20/h4-5,10,16-17H,1-3,6-9,11,13H2/t16-,17+/m0/s1. The van der Waals surface area contributed by atoms with Crippen LogP contribution in [0.2, 0.25) is 0 Å². The van der Waals surface area contributed by atoms with Crippen LogP contribution in [0.15, 0.2) is 18.3 Å². The van der Waals surface area contributed by atoms with Crippen LogP contribution in [-0.4, -0.2) is 54.9 Å². The zero-order chi connectivity index (χ0) is 15.2. The van der Waals surface area contributed by atoms with Gasteiger partial charge in [0.2, 0.25) is 0 Å². The summed E-state index contributed by atoms with van der Waals surface area (Å²) in [5.74, 6) is 0. The van der Waals surface area contributed by atoms with E-state index in [1.807, 2.05) is 6.07 Å². The first kappa shape index (κ1) is 15.4. The second kappa shape index (κ2) is 7.68. The highest BCUT2D eigenvalue weighted by Gasteiger charge is 2.27. The van der Waals surface area contributed by atoms with E-state index in [2.05, 4.69) is 16.0 Å². The van der Waals surface area contributed by atoms with Crippen molar-refractivity contribution < 1.29 is 9.47 Å². The molecular formula is C17H23N3O2. The molecule has 2 aliphatic rings. The van der Waals surface area contributed by atoms with E-state index in [0.717, 1.165) is 64.2 Å². The van der Waals surface area contributed by atoms with E-state index in [9.17, 15) is 0 Å². The third-order valence-electron chi connectivity index (χ3n) is 4.35. The zero-order valence-corrected chi connectivity index (χ0v) is 12.9. The normalized spacial score (nSPS) is 26.5. The average Bonchev–Trinajstić information content (AvgIpc) is 2.81. The number of rotatable bonds is 4. The lowest BCUT2D eigenvalue weighted by Crippen LogP contribution is -2.34. The fourth-order valence-corrected chi connectivity index (χ4v) is 3.23. The van der Waals surface area contributed by atoms with E-state index in [4.69, 9.17) is 14.7 Å². The minimum atomic E-state index is 0.231. The van der Waals surface area contributed by atoms with Gasteiger partial charge in [-0.15, -0.1) is 0 Å². The van der Waals surface area contributed by atoms with Crippen molar-refractivity contribution in [2.24, 2.45) is 0 Å². The molecule has 1 aromatic rings. The lowest BCUT2D eigenvalue weighted by atomic mass is 10.1. The largest absolute Gasteiger partial charge is 0.380 e. The number of ether oxygens (including phenoxy) is 2. The predicted molar refractivity (Wildman–Crippen MR) is 82.4 cm³/mol. The van der Waals surface area contributed by atoms with Gasteiger partial charge in [0.25, 0.3) is 0 Å². The highest BCUT2D eigenvalue weighted by Crippen LogP contribution is 2.23. The van der Waals surface area contributed by atoms with Crippen molar-refractivity contribution in [2.75, 3.05) is 32.8 Å². The summed E-state index contributed by atoms with van der Waals surface area (Å²) in [6.07, 6.45) is 6.36. The van der Waals surface area contributed by atoms with Crippen LogP contribution < -0.4 is 0 Å². The van der Waals surface area contributed by atoms with Gasteiger partial charge in [-0.2, -0.15) is 5.26 Å². The van der Waals surface area contributed by atoms with Crippen LogP contribution >= 0.6 is 0 Å². The minimum absolute atomic E-state index is 0.231. The minimum Gasteiger partial charge on any atom is -0.380 e. The fraction of sp³-hybridized carbons (Fsp3) is 0.647. The lowest BCUT2D eigenvalue weighted by molar-refractivity contribution is 0.0224. The molecule has 1 aromatic heterocycles. The first-order valence-corrected chi connectivity index (χ1v) is 8.14. The second-order valence-corrected chi connectivity index (χ2v) is 6.08. The molecule has 0 saturated carbocycles. The van der Waals surface area contributed by atoms with E-state index >= 15 is 0 Å². The van der Waals surface area contributed by atoms with Gasteiger partial charge in [-0.25, -0.2) is 0 Å². The molecule has 2 fully saturated rings. The van der Waals surface area contributed by atoms with Crippen molar-refractivity contribution in [1.82, 2.24) is 9.88 Å². The van der Waals surface area contributed by atoms with Gasteiger partial charge in [0.1, 0.15) is 0 Å². The Morgan fingerprint density at radius 2 is 2.18 bits per heavy atom. The first-order chi connectivity index (χ1) is 10.8. The Balaban J connectivity index is 1.48. The van der Waals surface area contributed by atoms with Crippen LogP contribution in [0.5, 0.6) is 0 Å². The molecule has 5 heteroatoms. The molecule has 0 aromatic carbocycles. The van der Waals surface area contributed by atoms with Crippen LogP contribution in [0.1, 0.15) is 30.5 Å². The average molecular weight is 301 g/mol. The van der Waals surface area contributed by atoms with Gasteiger partial charge in [-0.3, -0.25) is 9.88 Å². The van der Waals surface area contributed by atoms with Crippen molar-refractivity contribution >= 4 is 0 Å². The molecule has 0 radical (unpaired) electrons. The molecule has 2 saturated heterocycles. The van der Waals surface area contributed by atoms with Crippen molar-refractivity contribution in [3.63, 3.8) is 0 Å². The van der Waals surface area contributed by atoms with Crippen LogP contribution in [0.3, 0.4) is 0 Å². The van der Waals surface area contributed by atoms with Gasteiger partial charge in [0.15, 0.2) is 0 Å². The Morgan fingerprint density at radius 1 is 1.27 bits per heavy atom. The third-order valence-corrected chi connectivity index (χ3v) is 4.35. The molecule has 0 unspecified atom stereocenters. The fourth-order valence-electron chi connectivity index (χ4n) is 3.23. The molecule has 0 bridgehead atoms. The van der Waals surface area contributed by atoms with Crippen LogP contribution in [0.25, 0.3) is 0 Å². The molecule has 0 amide bonds. The summed E-state index contributed by atoms with van der Waals surface area (Å²) >= 11 is 0. The van der Waals surface area contributed by atoms with E-state index in [1.165, 1.54) is 0 Å². The number of hydrogen-bond donors (Lipinski definition) is 0. The van der Waals surface area contributed by atoms with Crippen molar-refractivity contribution in [2.45, 2.75) is 37.9 Å². The smallest absolute Gasteiger partial charge is 0.0992 e. The maximum absolute atomic E-state index is 8.95. The van der Waals surface area contributed by atoms with Crippen molar-refractivity contribution in [3.05, 3.63) is 29.6 Å². The summed E-state index contributed by atoms with van der Waals surface area (Å²) in [4.78, 5) is 6.80. The highest BCUT2D eigenvalue weighted by molar-refractivity contribution is 5.28. The first-order valence-electron chi connectivity index (χ1n) is 8.14. The molecule has 3 rings (SSSR count). The Kier molecular flexibility index (Phi) is 5.38. The molecular weight excluding hydrogens is 278 g/mol. The van der Waals surface area contributed by atoms with Gasteiger partial charge < -0.3 is 9.47 Å². The van der Waals surface area contributed by atoms with Gasteiger partial charge in [-0.05, 0) is 31.4 Å². The van der Waals surface area contributed by atoms with Crippen LogP contribution in [-0.2, 0) is 15.9 Å². The molecule has 118 valence electrons. The highest BCUT2D eigenvalue weighted by atomic mass is 16.5. The predicted octanol–water partition coefficient (Wildman–Crippen LogP) is 1.77. The summed E-state index contributed by atoms with van der Waals surface area (Å²) in [7, 11) is 0. The maximum atomic E-state index is 8.95. The lowest BCUT2D eigenvalue weighted by Gasteiger charge is -2.23. The monoisotopic (exact) mass is 301 g/mol. The SMILES string of the molecule is N#Cc1ccnc(C[C@@H]2CC[C@H](CN3CCCOCC3)O2)c1. The molecule has 3 heterocycles. The quantitative estimate of drug-likeness (QED) is 0.848. The number of nitriles is 1. The maximum Gasteiger partial charge on any atom is 0.0992 e. The second-order valence-electron chi connectivity index (χ2n) is 6.08. The van der Waals surface area contributed by atoms with Gasteiger partial charge in [0, 0.05) is 44.6 Å². The van der Waals surface area contributed by atoms with Gasteiger partial charge in [0.05, 0.1) is 30.4 Å². The summed E-state index contributed by atoms with van der Waals surface area (Å²) in [5.41, 5.74) is 1.62. The molecule has 5 nitrogen and oxygen atoms in total. The van der Waals surface area contributed by atoms with E-state index < -0.39 is 0 Å². The number of nitrogens with zero attached hydrogens (tertiary/aromatic N) is 3. The summed E-state index contributed by atoms with van der Waals surface area (Å²) < 4.78 is 11.7. The molecule has 2 atom stereocenters. The number of pyridine rings is 1. The number of aromatic nitrogens is 1. The Labute approximate surface area is 131 Å². The Morgan fingerprint density at radius 3 is 3.09 bits per heavy atom. The topological polar surface area (TPSA) is 58.4 Å². The van der Waals surface area contributed by atoms with Crippen molar-refractivity contribution in [3.8, 4) is 6.07 Å². The summed E-state index contributed by atoms with van der Waals surface area (Å²) in [6.45, 7) is 4.84. The van der Waals surface area contributed by atoms with E-state index in [-0.39, 0.29) is 6.10 Å². The van der Waals surface area contributed by atoms with Crippen molar-refractivity contribution in [1.29, 1.82) is 5.26 Å². The zero-order valence-electron chi connectivity index (χ0n) is 12.9. The van der Waals surface area contributed by atoms with Gasteiger partial charge >= 0.3 is 0 Å². The molecule has 0 aliphatic carbocycles. The third kappa shape index (κ3) is 4.26. The Bertz CT molecular complexity index is 521. The number of hydrogen-bond acceptors (Lipinski definition) is 5. The molecule has 0 spiro atoms. The van der Waals surface area contributed by atoms with Gasteiger partial charge in [-0.1, -0.05) is 0 Å². The summed E-state index contributed by atoms with van der Waals surface area (Å²) in [6, 6.07) is 5.77. The Hall–Kier alpha value is -1.48.